The fourth-order valence-corrected chi connectivity index (χ4v) is 4.81. The molecule has 0 spiro atoms. The highest BCUT2D eigenvalue weighted by atomic mass is 79.9. The molecule has 0 heterocycles. The summed E-state index contributed by atoms with van der Waals surface area (Å²) in [4.78, 5) is 1.07. The van der Waals surface area contributed by atoms with Crippen molar-refractivity contribution in [3.05, 3.63) is 51.4 Å². The van der Waals surface area contributed by atoms with E-state index in [-0.39, 0.29) is 4.90 Å². The molecule has 0 unspecified atom stereocenters. The van der Waals surface area contributed by atoms with Gasteiger partial charge < -0.3 is 0 Å². The van der Waals surface area contributed by atoms with Crippen LogP contribution < -0.4 is 4.72 Å². The molecule has 0 radical (unpaired) electrons. The van der Waals surface area contributed by atoms with Gasteiger partial charge >= 0.3 is 0 Å². The number of thioether (sulfide) groups is 1. The monoisotopic (exact) mass is 435 g/mol. The zero-order valence-corrected chi connectivity index (χ0v) is 15.2. The van der Waals surface area contributed by atoms with Gasteiger partial charge in [0.2, 0.25) is 0 Å². The van der Waals surface area contributed by atoms with Crippen LogP contribution in [0, 0.1) is 0 Å². The van der Waals surface area contributed by atoms with Gasteiger partial charge in [0.1, 0.15) is 4.90 Å². The predicted molar refractivity (Wildman–Crippen MR) is 90.9 cm³/mol. The first-order valence-corrected chi connectivity index (χ1v) is 9.84. The highest BCUT2D eigenvalue weighted by molar-refractivity contribution is 9.11. The normalized spacial score (nSPS) is 11.3. The van der Waals surface area contributed by atoms with Crippen LogP contribution in [0.2, 0.25) is 0 Å². The summed E-state index contributed by atoms with van der Waals surface area (Å²) in [6, 6.07) is 12.3. The number of sulfonamides is 1. The van der Waals surface area contributed by atoms with E-state index in [9.17, 15) is 8.42 Å². The van der Waals surface area contributed by atoms with Crippen LogP contribution in [0.25, 0.3) is 0 Å². The van der Waals surface area contributed by atoms with Crippen LogP contribution in [-0.2, 0) is 10.0 Å². The summed E-state index contributed by atoms with van der Waals surface area (Å²) >= 11 is 8.05. The van der Waals surface area contributed by atoms with E-state index in [0.717, 1.165) is 4.90 Å². The Kier molecular flexibility index (Phi) is 5.17. The maximum Gasteiger partial charge on any atom is 0.263 e. The van der Waals surface area contributed by atoms with Crippen molar-refractivity contribution in [2.24, 2.45) is 0 Å². The second-order valence-corrected chi connectivity index (χ2v) is 8.15. The largest absolute Gasteiger partial charge is 0.278 e. The molecule has 0 aliphatic carbocycles. The second-order valence-electron chi connectivity index (χ2n) is 3.88. The summed E-state index contributed by atoms with van der Waals surface area (Å²) < 4.78 is 28.8. The Hall–Kier alpha value is -0.500. The number of halogens is 2. The fraction of sp³-hybridized carbons (Fsp3) is 0.0769. The lowest BCUT2D eigenvalue weighted by atomic mass is 10.3. The molecule has 0 bridgehead atoms. The molecular weight excluding hydrogens is 426 g/mol. The highest BCUT2D eigenvalue weighted by Gasteiger charge is 2.19. The molecule has 2 rings (SSSR count). The average Bonchev–Trinajstić information content (AvgIpc) is 2.41. The van der Waals surface area contributed by atoms with Crippen LogP contribution in [0.3, 0.4) is 0 Å². The number of hydrogen-bond acceptors (Lipinski definition) is 3. The third-order valence-corrected chi connectivity index (χ3v) is 6.18. The molecule has 0 atom stereocenters. The van der Waals surface area contributed by atoms with Gasteiger partial charge in [0.25, 0.3) is 10.0 Å². The SMILES string of the molecule is CSc1ccccc1NS(=O)(=O)c1cc(Br)ccc1Br. The van der Waals surface area contributed by atoms with Crippen molar-refractivity contribution in [2.75, 3.05) is 11.0 Å². The number of rotatable bonds is 4. The Morgan fingerprint density at radius 3 is 2.50 bits per heavy atom. The molecule has 0 aliphatic rings. The predicted octanol–water partition coefficient (Wildman–Crippen LogP) is 4.73. The van der Waals surface area contributed by atoms with E-state index in [2.05, 4.69) is 36.6 Å². The van der Waals surface area contributed by atoms with E-state index in [4.69, 9.17) is 0 Å². The molecule has 2 aromatic carbocycles. The van der Waals surface area contributed by atoms with Crippen molar-refractivity contribution < 1.29 is 8.42 Å². The van der Waals surface area contributed by atoms with Crippen LogP contribution in [0.15, 0.2) is 61.2 Å². The molecule has 0 saturated heterocycles. The summed E-state index contributed by atoms with van der Waals surface area (Å²) in [5.41, 5.74) is 0.576. The van der Waals surface area contributed by atoms with E-state index in [1.807, 2.05) is 18.4 Å². The van der Waals surface area contributed by atoms with Crippen molar-refractivity contribution >= 4 is 59.3 Å². The van der Waals surface area contributed by atoms with Crippen LogP contribution in [0.4, 0.5) is 5.69 Å². The van der Waals surface area contributed by atoms with Gasteiger partial charge in [0.05, 0.1) is 5.69 Å². The zero-order valence-electron chi connectivity index (χ0n) is 10.4. The third-order valence-electron chi connectivity index (χ3n) is 2.53. The summed E-state index contributed by atoms with van der Waals surface area (Å²) in [5.74, 6) is 0. The molecule has 0 saturated carbocycles. The van der Waals surface area contributed by atoms with Crippen LogP contribution >= 0.6 is 43.6 Å². The van der Waals surface area contributed by atoms with Crippen LogP contribution in [-0.4, -0.2) is 14.7 Å². The van der Waals surface area contributed by atoms with Crippen molar-refractivity contribution in [3.63, 3.8) is 0 Å². The minimum absolute atomic E-state index is 0.197. The average molecular weight is 437 g/mol. The number of para-hydroxylation sites is 1. The minimum Gasteiger partial charge on any atom is -0.278 e. The molecule has 3 nitrogen and oxygen atoms in total. The van der Waals surface area contributed by atoms with E-state index in [1.165, 1.54) is 11.8 Å². The first-order chi connectivity index (χ1) is 9.44. The first-order valence-electron chi connectivity index (χ1n) is 5.55. The van der Waals surface area contributed by atoms with Crippen molar-refractivity contribution in [1.29, 1.82) is 0 Å². The van der Waals surface area contributed by atoms with Crippen molar-refractivity contribution in [3.8, 4) is 0 Å². The maximum absolute atomic E-state index is 12.5. The third kappa shape index (κ3) is 3.58. The highest BCUT2D eigenvalue weighted by Crippen LogP contribution is 2.30. The minimum atomic E-state index is -3.64. The van der Waals surface area contributed by atoms with Gasteiger partial charge in [-0.1, -0.05) is 28.1 Å². The van der Waals surface area contributed by atoms with E-state index in [1.54, 1.807) is 30.3 Å². The maximum atomic E-state index is 12.5. The molecule has 0 amide bonds. The van der Waals surface area contributed by atoms with Gasteiger partial charge in [0.15, 0.2) is 0 Å². The van der Waals surface area contributed by atoms with Crippen LogP contribution in [0.5, 0.6) is 0 Å². The Morgan fingerprint density at radius 1 is 1.10 bits per heavy atom. The van der Waals surface area contributed by atoms with Gasteiger partial charge in [0, 0.05) is 13.8 Å². The van der Waals surface area contributed by atoms with Gasteiger partial charge in [-0.15, -0.1) is 11.8 Å². The fourth-order valence-electron chi connectivity index (χ4n) is 1.61. The van der Waals surface area contributed by atoms with Crippen LogP contribution in [0.1, 0.15) is 0 Å². The summed E-state index contributed by atoms with van der Waals surface area (Å²) in [7, 11) is -3.64. The molecule has 106 valence electrons. The molecule has 1 N–H and O–H groups in total. The Balaban J connectivity index is 2.43. The number of anilines is 1. The molecular formula is C13H11Br2NO2S2. The summed E-state index contributed by atoms with van der Waals surface area (Å²) in [6.07, 6.45) is 1.90. The summed E-state index contributed by atoms with van der Waals surface area (Å²) in [5, 5.41) is 0. The quantitative estimate of drug-likeness (QED) is 0.704. The molecule has 0 aromatic heterocycles. The Bertz CT molecular complexity index is 733. The topological polar surface area (TPSA) is 46.2 Å². The number of nitrogens with one attached hydrogen (secondary N) is 1. The van der Waals surface area contributed by atoms with E-state index in [0.29, 0.717) is 14.6 Å². The lowest BCUT2D eigenvalue weighted by Gasteiger charge is -2.12. The molecule has 0 fully saturated rings. The number of benzene rings is 2. The molecule has 0 aliphatic heterocycles. The Labute approximate surface area is 139 Å². The zero-order chi connectivity index (χ0) is 14.8. The molecule has 20 heavy (non-hydrogen) atoms. The standard InChI is InChI=1S/C13H11Br2NO2S2/c1-19-12-5-3-2-4-11(12)16-20(17,18)13-8-9(14)6-7-10(13)15/h2-8,16H,1H3. The smallest absolute Gasteiger partial charge is 0.263 e. The van der Waals surface area contributed by atoms with Gasteiger partial charge in [-0.2, -0.15) is 0 Å². The van der Waals surface area contributed by atoms with Crippen molar-refractivity contribution in [2.45, 2.75) is 9.79 Å². The van der Waals surface area contributed by atoms with E-state index >= 15 is 0 Å². The first kappa shape index (κ1) is 15.9. The second kappa shape index (κ2) is 6.51. The number of hydrogen-bond donors (Lipinski definition) is 1. The summed E-state index contributed by atoms with van der Waals surface area (Å²) in [6.45, 7) is 0. The Morgan fingerprint density at radius 2 is 1.80 bits per heavy atom. The van der Waals surface area contributed by atoms with Gasteiger partial charge in [-0.3, -0.25) is 4.72 Å². The lowest BCUT2D eigenvalue weighted by Crippen LogP contribution is -2.14. The molecule has 7 heteroatoms. The van der Waals surface area contributed by atoms with Crippen molar-refractivity contribution in [1.82, 2.24) is 0 Å². The van der Waals surface area contributed by atoms with Gasteiger partial charge in [-0.05, 0) is 52.5 Å². The van der Waals surface area contributed by atoms with Gasteiger partial charge in [-0.25, -0.2) is 8.42 Å². The molecule has 2 aromatic rings. The van der Waals surface area contributed by atoms with E-state index < -0.39 is 10.0 Å². The lowest BCUT2D eigenvalue weighted by molar-refractivity contribution is 0.600.